The van der Waals surface area contributed by atoms with E-state index in [0.29, 0.717) is 17.5 Å². The number of benzene rings is 1. The number of rotatable bonds is 3. The lowest BCUT2D eigenvalue weighted by Gasteiger charge is -2.47. The van der Waals surface area contributed by atoms with Gasteiger partial charge in [-0.2, -0.15) is 0 Å². The SMILES string of the molecule is COC[C@H]1C[C@H]2C(=O)N(C)C(NC(=O)OC(C)(C)C)=N[C@@]2(c2cc(Br)ccc2F)CO1. The molecule has 0 radical (unpaired) electrons. The molecule has 170 valence electrons. The van der Waals surface area contributed by atoms with Crippen molar-refractivity contribution in [3.8, 4) is 0 Å². The fraction of sp³-hybridized carbons (Fsp3) is 0.571. The van der Waals surface area contributed by atoms with Crippen LogP contribution in [0.2, 0.25) is 0 Å². The van der Waals surface area contributed by atoms with Crippen LogP contribution in [0.4, 0.5) is 9.18 Å². The van der Waals surface area contributed by atoms with Crippen LogP contribution in [0.25, 0.3) is 0 Å². The Labute approximate surface area is 189 Å². The van der Waals surface area contributed by atoms with Gasteiger partial charge in [-0.3, -0.25) is 15.0 Å². The van der Waals surface area contributed by atoms with Gasteiger partial charge in [-0.1, -0.05) is 15.9 Å². The van der Waals surface area contributed by atoms with E-state index in [4.69, 9.17) is 14.2 Å². The van der Waals surface area contributed by atoms with Gasteiger partial charge in [0, 0.05) is 24.2 Å². The van der Waals surface area contributed by atoms with Crippen LogP contribution in [-0.4, -0.2) is 61.9 Å². The second-order valence-corrected chi connectivity index (χ2v) is 9.60. The zero-order valence-electron chi connectivity index (χ0n) is 18.2. The smallest absolute Gasteiger partial charge is 0.414 e. The molecule has 0 aliphatic carbocycles. The third-order valence-corrected chi connectivity index (χ3v) is 5.72. The average molecular weight is 500 g/mol. The Bertz CT molecular complexity index is 903. The highest BCUT2D eigenvalue weighted by Gasteiger charge is 2.55. The van der Waals surface area contributed by atoms with Gasteiger partial charge in [-0.25, -0.2) is 14.2 Å². The summed E-state index contributed by atoms with van der Waals surface area (Å²) in [6, 6.07) is 4.48. The number of guanidine groups is 1. The Hall–Kier alpha value is -2.04. The molecule has 1 saturated heterocycles. The zero-order chi connectivity index (χ0) is 23.0. The third-order valence-electron chi connectivity index (χ3n) is 5.23. The van der Waals surface area contributed by atoms with Crippen LogP contribution < -0.4 is 5.32 Å². The minimum atomic E-state index is -1.34. The zero-order valence-corrected chi connectivity index (χ0v) is 19.8. The van der Waals surface area contributed by atoms with E-state index in [-0.39, 0.29) is 30.1 Å². The monoisotopic (exact) mass is 499 g/mol. The highest BCUT2D eigenvalue weighted by atomic mass is 79.9. The first-order valence-electron chi connectivity index (χ1n) is 9.90. The Morgan fingerprint density at radius 1 is 1.45 bits per heavy atom. The van der Waals surface area contributed by atoms with E-state index in [1.54, 1.807) is 40.0 Å². The number of hydrogen-bond donors (Lipinski definition) is 1. The quantitative estimate of drug-likeness (QED) is 0.689. The van der Waals surface area contributed by atoms with Crippen molar-refractivity contribution < 1.29 is 28.2 Å². The van der Waals surface area contributed by atoms with E-state index in [0.717, 1.165) is 0 Å². The van der Waals surface area contributed by atoms with Crippen LogP contribution in [0.5, 0.6) is 0 Å². The Morgan fingerprint density at radius 3 is 2.81 bits per heavy atom. The summed E-state index contributed by atoms with van der Waals surface area (Å²) in [5.74, 6) is -1.53. The van der Waals surface area contributed by atoms with Crippen molar-refractivity contribution in [3.63, 3.8) is 0 Å². The first-order chi connectivity index (χ1) is 14.5. The normalized spacial score (nSPS) is 26.2. The molecule has 2 aliphatic rings. The van der Waals surface area contributed by atoms with Crippen molar-refractivity contribution in [1.29, 1.82) is 0 Å². The lowest BCUT2D eigenvalue weighted by atomic mass is 9.72. The van der Waals surface area contributed by atoms with Crippen LogP contribution in [-0.2, 0) is 24.5 Å². The van der Waals surface area contributed by atoms with E-state index >= 15 is 0 Å². The van der Waals surface area contributed by atoms with Gasteiger partial charge < -0.3 is 14.2 Å². The summed E-state index contributed by atoms with van der Waals surface area (Å²) in [4.78, 5) is 31.7. The molecule has 1 aromatic carbocycles. The third kappa shape index (κ3) is 4.91. The number of carbonyl (C=O) groups is 2. The molecule has 0 spiro atoms. The molecule has 1 fully saturated rings. The van der Waals surface area contributed by atoms with Crippen LogP contribution in [0.1, 0.15) is 32.8 Å². The van der Waals surface area contributed by atoms with Crippen molar-refractivity contribution in [2.45, 2.75) is 44.4 Å². The number of methoxy groups -OCH3 is 1. The van der Waals surface area contributed by atoms with Crippen molar-refractivity contribution in [3.05, 3.63) is 34.1 Å². The van der Waals surface area contributed by atoms with Gasteiger partial charge in [0.25, 0.3) is 0 Å². The molecule has 31 heavy (non-hydrogen) atoms. The molecular weight excluding hydrogens is 473 g/mol. The predicted molar refractivity (Wildman–Crippen MR) is 115 cm³/mol. The van der Waals surface area contributed by atoms with E-state index in [1.807, 2.05) is 0 Å². The lowest BCUT2D eigenvalue weighted by Crippen LogP contribution is -2.61. The highest BCUT2D eigenvalue weighted by molar-refractivity contribution is 9.10. The van der Waals surface area contributed by atoms with Crippen LogP contribution in [0.3, 0.4) is 0 Å². The molecule has 0 unspecified atom stereocenters. The number of nitrogens with one attached hydrogen (secondary N) is 1. The number of nitrogens with zero attached hydrogens (tertiary/aromatic N) is 2. The Balaban J connectivity index is 2.08. The van der Waals surface area contributed by atoms with Crippen molar-refractivity contribution in [2.24, 2.45) is 10.9 Å². The highest BCUT2D eigenvalue weighted by Crippen LogP contribution is 2.46. The molecular formula is C21H27BrFN3O5. The largest absolute Gasteiger partial charge is 0.444 e. The second kappa shape index (κ2) is 8.84. The summed E-state index contributed by atoms with van der Waals surface area (Å²) < 4.78 is 32.0. The van der Waals surface area contributed by atoms with Gasteiger partial charge in [0.2, 0.25) is 11.9 Å². The summed E-state index contributed by atoms with van der Waals surface area (Å²) in [5, 5.41) is 2.53. The second-order valence-electron chi connectivity index (χ2n) is 8.68. The van der Waals surface area contributed by atoms with Crippen molar-refractivity contribution in [1.82, 2.24) is 10.2 Å². The first-order valence-corrected chi connectivity index (χ1v) is 10.7. The molecule has 1 N–H and O–H groups in total. The number of halogens is 2. The molecule has 10 heteroatoms. The number of alkyl carbamates (subject to hydrolysis) is 1. The van der Waals surface area contributed by atoms with E-state index < -0.39 is 29.0 Å². The van der Waals surface area contributed by atoms with Gasteiger partial charge in [-0.15, -0.1) is 0 Å². The van der Waals surface area contributed by atoms with E-state index in [9.17, 15) is 14.0 Å². The molecule has 8 nitrogen and oxygen atoms in total. The summed E-state index contributed by atoms with van der Waals surface area (Å²) in [7, 11) is 3.07. The number of ether oxygens (including phenoxy) is 3. The van der Waals surface area contributed by atoms with Crippen molar-refractivity contribution >= 4 is 33.9 Å². The van der Waals surface area contributed by atoms with Gasteiger partial charge in [-0.05, 0) is 45.4 Å². The number of hydrogen-bond acceptors (Lipinski definition) is 6. The van der Waals surface area contributed by atoms with Crippen LogP contribution >= 0.6 is 15.9 Å². The molecule has 2 amide bonds. The fourth-order valence-electron chi connectivity index (χ4n) is 3.85. The Kier molecular flexibility index (Phi) is 6.73. The Morgan fingerprint density at radius 2 is 2.16 bits per heavy atom. The predicted octanol–water partition coefficient (Wildman–Crippen LogP) is 3.19. The molecule has 3 atom stereocenters. The number of amides is 2. The lowest BCUT2D eigenvalue weighted by molar-refractivity contribution is -0.148. The number of carbonyl (C=O) groups excluding carboxylic acids is 2. The van der Waals surface area contributed by atoms with Gasteiger partial charge in [0.05, 0.1) is 25.2 Å². The fourth-order valence-corrected chi connectivity index (χ4v) is 4.21. The summed E-state index contributed by atoms with van der Waals surface area (Å²) in [6.45, 7) is 5.44. The standard InChI is InChI=1S/C21H27BrFN3O5/c1-20(2,3)31-19(28)24-18-25-21(14-8-12(22)6-7-16(14)23)11-30-13(10-29-5)9-15(21)17(27)26(18)4/h6-8,13,15H,9-11H2,1-5H3,(H,24,25,28)/t13-,15+,21-/m1/s1. The molecule has 0 aromatic heterocycles. The summed E-state index contributed by atoms with van der Waals surface area (Å²) in [5.41, 5.74) is -1.86. The maximum atomic E-state index is 15.0. The van der Waals surface area contributed by atoms with Gasteiger partial charge in [0.15, 0.2) is 0 Å². The van der Waals surface area contributed by atoms with Crippen LogP contribution in [0.15, 0.2) is 27.7 Å². The summed E-state index contributed by atoms with van der Waals surface area (Å²) in [6.07, 6.45) is -0.791. The van der Waals surface area contributed by atoms with E-state index in [2.05, 4.69) is 26.2 Å². The topological polar surface area (TPSA) is 89.5 Å². The minimum absolute atomic E-state index is 0.0244. The average Bonchev–Trinajstić information content (AvgIpc) is 2.67. The number of fused-ring (bicyclic) bond motifs is 1. The maximum absolute atomic E-state index is 15.0. The minimum Gasteiger partial charge on any atom is -0.444 e. The molecule has 1 aromatic rings. The molecule has 0 bridgehead atoms. The van der Waals surface area contributed by atoms with E-state index in [1.165, 1.54) is 18.0 Å². The first kappa shape index (κ1) is 23.6. The van der Waals surface area contributed by atoms with Crippen molar-refractivity contribution in [2.75, 3.05) is 27.4 Å². The molecule has 3 rings (SSSR count). The number of aliphatic imine (C=N–C) groups is 1. The maximum Gasteiger partial charge on any atom is 0.414 e. The van der Waals surface area contributed by atoms with Gasteiger partial charge in [0.1, 0.15) is 17.0 Å². The molecule has 2 aliphatic heterocycles. The summed E-state index contributed by atoms with van der Waals surface area (Å²) >= 11 is 3.37. The van der Waals surface area contributed by atoms with Crippen LogP contribution in [0, 0.1) is 11.7 Å². The molecule has 2 heterocycles. The van der Waals surface area contributed by atoms with Gasteiger partial charge >= 0.3 is 6.09 Å². The molecule has 0 saturated carbocycles.